The third kappa shape index (κ3) is 5.08. The number of carbonyl (C=O) groups excluding carboxylic acids is 3. The molecule has 0 bridgehead atoms. The van der Waals surface area contributed by atoms with Crippen molar-refractivity contribution in [2.45, 2.75) is 19.2 Å². The van der Waals surface area contributed by atoms with Crippen LogP contribution in [-0.4, -0.2) is 30.4 Å². The normalized spacial score (nSPS) is 12.4. The van der Waals surface area contributed by atoms with E-state index < -0.39 is 42.2 Å². The van der Waals surface area contributed by atoms with Crippen molar-refractivity contribution in [3.8, 4) is 0 Å². The first-order valence-electron chi connectivity index (χ1n) is 6.05. The largest absolute Gasteiger partial charge is 0.451 e. The number of rotatable bonds is 5. The van der Waals surface area contributed by atoms with E-state index in [9.17, 15) is 27.6 Å². The molecule has 0 spiro atoms. The number of carbonyl (C=O) groups is 3. The van der Waals surface area contributed by atoms with Gasteiger partial charge in [-0.2, -0.15) is 13.2 Å². The number of benzene rings is 1. The van der Waals surface area contributed by atoms with Crippen LogP contribution in [0, 0.1) is 0 Å². The number of hydrogen-bond donors (Lipinski definition) is 2. The molecule has 0 heterocycles. The smallest absolute Gasteiger partial charge is 0.416 e. The Balaban J connectivity index is 2.56. The first kappa shape index (κ1) is 17.5. The molecule has 120 valence electrons. The Bertz CT molecular complexity index is 570. The number of esters is 1. The van der Waals surface area contributed by atoms with E-state index in [-0.39, 0.29) is 5.56 Å². The third-order valence-electron chi connectivity index (χ3n) is 2.58. The molecule has 2 amide bonds. The summed E-state index contributed by atoms with van der Waals surface area (Å²) in [7, 11) is 0. The molecule has 22 heavy (non-hydrogen) atoms. The summed E-state index contributed by atoms with van der Waals surface area (Å²) in [5.41, 5.74) is 3.94. The highest BCUT2D eigenvalue weighted by Crippen LogP contribution is 2.28. The van der Waals surface area contributed by atoms with E-state index in [1.807, 2.05) is 0 Å². The standard InChI is InChI=1S/C13H13F3N2O4/c1-7(11(17)20)22-10(19)6-18-12(21)8-2-4-9(5-3-8)13(14,15)16/h2-5,7H,6H2,1H3,(H2,17,20)(H,18,21)/t7-/m0/s1. The maximum absolute atomic E-state index is 12.4. The van der Waals surface area contributed by atoms with Gasteiger partial charge in [0.05, 0.1) is 5.56 Å². The van der Waals surface area contributed by atoms with Crippen molar-refractivity contribution in [2.24, 2.45) is 5.73 Å². The van der Waals surface area contributed by atoms with Gasteiger partial charge in [-0.3, -0.25) is 14.4 Å². The average Bonchev–Trinajstić information content (AvgIpc) is 2.43. The van der Waals surface area contributed by atoms with Crippen molar-refractivity contribution < 1.29 is 32.3 Å². The number of nitrogens with one attached hydrogen (secondary N) is 1. The van der Waals surface area contributed by atoms with Crippen LogP contribution in [0.5, 0.6) is 0 Å². The second kappa shape index (κ2) is 6.92. The van der Waals surface area contributed by atoms with Crippen molar-refractivity contribution in [1.82, 2.24) is 5.32 Å². The summed E-state index contributed by atoms with van der Waals surface area (Å²) in [5.74, 6) is -2.49. The summed E-state index contributed by atoms with van der Waals surface area (Å²) < 4.78 is 41.7. The maximum Gasteiger partial charge on any atom is 0.416 e. The number of ether oxygens (including phenoxy) is 1. The lowest BCUT2D eigenvalue weighted by molar-refractivity contribution is -0.152. The summed E-state index contributed by atoms with van der Waals surface area (Å²) in [6.45, 7) is 0.718. The number of alkyl halides is 3. The molecule has 0 aliphatic carbocycles. The van der Waals surface area contributed by atoms with Crippen molar-refractivity contribution in [3.63, 3.8) is 0 Å². The maximum atomic E-state index is 12.4. The fourth-order valence-electron chi connectivity index (χ4n) is 1.36. The number of primary amides is 1. The predicted molar refractivity (Wildman–Crippen MR) is 68.5 cm³/mol. The van der Waals surface area contributed by atoms with Gasteiger partial charge in [0.25, 0.3) is 11.8 Å². The molecular weight excluding hydrogens is 305 g/mol. The molecule has 1 aromatic carbocycles. The Morgan fingerprint density at radius 1 is 1.23 bits per heavy atom. The third-order valence-corrected chi connectivity index (χ3v) is 2.58. The quantitative estimate of drug-likeness (QED) is 0.786. The summed E-state index contributed by atoms with van der Waals surface area (Å²) in [4.78, 5) is 33.6. The van der Waals surface area contributed by atoms with E-state index >= 15 is 0 Å². The van der Waals surface area contributed by atoms with E-state index in [0.29, 0.717) is 0 Å². The SMILES string of the molecule is C[C@H](OC(=O)CNC(=O)c1ccc(C(F)(F)F)cc1)C(N)=O. The Labute approximate surface area is 123 Å². The van der Waals surface area contributed by atoms with E-state index in [0.717, 1.165) is 24.3 Å². The first-order valence-corrected chi connectivity index (χ1v) is 6.05. The van der Waals surface area contributed by atoms with Crippen molar-refractivity contribution in [3.05, 3.63) is 35.4 Å². The second-order valence-corrected chi connectivity index (χ2v) is 4.29. The predicted octanol–water partition coefficient (Wildman–Crippen LogP) is 0.852. The second-order valence-electron chi connectivity index (χ2n) is 4.29. The van der Waals surface area contributed by atoms with Gasteiger partial charge in [0.15, 0.2) is 6.10 Å². The van der Waals surface area contributed by atoms with Crippen LogP contribution in [0.1, 0.15) is 22.8 Å². The zero-order valence-electron chi connectivity index (χ0n) is 11.4. The van der Waals surface area contributed by atoms with Crippen LogP contribution in [-0.2, 0) is 20.5 Å². The molecule has 3 N–H and O–H groups in total. The molecule has 0 saturated heterocycles. The highest BCUT2D eigenvalue weighted by molar-refractivity contribution is 5.96. The molecule has 0 radical (unpaired) electrons. The summed E-state index contributed by atoms with van der Waals surface area (Å²) in [5, 5.41) is 2.15. The lowest BCUT2D eigenvalue weighted by Crippen LogP contribution is -2.36. The topological polar surface area (TPSA) is 98.5 Å². The van der Waals surface area contributed by atoms with Crippen LogP contribution in [0.25, 0.3) is 0 Å². The molecule has 1 atom stereocenters. The van der Waals surface area contributed by atoms with Crippen molar-refractivity contribution in [2.75, 3.05) is 6.54 Å². The molecule has 1 rings (SSSR count). The summed E-state index contributed by atoms with van der Waals surface area (Å²) >= 11 is 0. The highest BCUT2D eigenvalue weighted by atomic mass is 19.4. The molecule has 6 nitrogen and oxygen atoms in total. The zero-order chi connectivity index (χ0) is 16.9. The zero-order valence-corrected chi connectivity index (χ0v) is 11.4. The number of nitrogens with two attached hydrogens (primary N) is 1. The van der Waals surface area contributed by atoms with Gasteiger partial charge in [-0.15, -0.1) is 0 Å². The Morgan fingerprint density at radius 3 is 2.23 bits per heavy atom. The minimum absolute atomic E-state index is 0.0521. The van der Waals surface area contributed by atoms with Gasteiger partial charge in [-0.25, -0.2) is 0 Å². The Morgan fingerprint density at radius 2 is 1.77 bits per heavy atom. The molecule has 0 fully saturated rings. The van der Waals surface area contributed by atoms with E-state index in [4.69, 9.17) is 5.73 Å². The lowest BCUT2D eigenvalue weighted by atomic mass is 10.1. The van der Waals surface area contributed by atoms with E-state index in [1.165, 1.54) is 6.92 Å². The first-order chi connectivity index (χ1) is 10.1. The van der Waals surface area contributed by atoms with Crippen LogP contribution >= 0.6 is 0 Å². The van der Waals surface area contributed by atoms with E-state index in [2.05, 4.69) is 10.1 Å². The van der Waals surface area contributed by atoms with Gasteiger partial charge in [-0.1, -0.05) is 0 Å². The van der Waals surface area contributed by atoms with Gasteiger partial charge in [0.2, 0.25) is 0 Å². The van der Waals surface area contributed by atoms with Crippen LogP contribution in [0.2, 0.25) is 0 Å². The molecule has 0 aromatic heterocycles. The van der Waals surface area contributed by atoms with Crippen LogP contribution in [0.15, 0.2) is 24.3 Å². The van der Waals surface area contributed by atoms with Gasteiger partial charge in [-0.05, 0) is 31.2 Å². The van der Waals surface area contributed by atoms with Crippen LogP contribution < -0.4 is 11.1 Å². The van der Waals surface area contributed by atoms with Crippen LogP contribution in [0.4, 0.5) is 13.2 Å². The van der Waals surface area contributed by atoms with Gasteiger partial charge in [0.1, 0.15) is 6.54 Å². The van der Waals surface area contributed by atoms with Gasteiger partial charge >= 0.3 is 12.1 Å². The average molecular weight is 318 g/mol. The molecule has 1 aromatic rings. The van der Waals surface area contributed by atoms with Crippen molar-refractivity contribution in [1.29, 1.82) is 0 Å². The van der Waals surface area contributed by atoms with E-state index in [1.54, 1.807) is 0 Å². The van der Waals surface area contributed by atoms with Crippen LogP contribution in [0.3, 0.4) is 0 Å². The molecule has 0 aliphatic rings. The Kier molecular flexibility index (Phi) is 5.50. The minimum atomic E-state index is -4.50. The summed E-state index contributed by atoms with van der Waals surface area (Å²) in [6, 6.07) is 3.47. The molecule has 0 saturated carbocycles. The number of hydrogen-bond acceptors (Lipinski definition) is 4. The minimum Gasteiger partial charge on any atom is -0.451 e. The lowest BCUT2D eigenvalue weighted by Gasteiger charge is -2.10. The monoisotopic (exact) mass is 318 g/mol. The molecule has 9 heteroatoms. The number of amides is 2. The van der Waals surface area contributed by atoms with Gasteiger partial charge in [0, 0.05) is 5.56 Å². The Hall–Kier alpha value is -2.58. The molecule has 0 unspecified atom stereocenters. The number of halogens is 3. The fraction of sp³-hybridized carbons (Fsp3) is 0.308. The highest BCUT2D eigenvalue weighted by Gasteiger charge is 2.30. The summed E-state index contributed by atoms with van der Waals surface area (Å²) in [6.07, 6.45) is -5.64. The molecular formula is C13H13F3N2O4. The molecule has 0 aliphatic heterocycles. The van der Waals surface area contributed by atoms with Crippen molar-refractivity contribution >= 4 is 17.8 Å². The fourth-order valence-corrected chi connectivity index (χ4v) is 1.36. The van der Waals surface area contributed by atoms with Gasteiger partial charge < -0.3 is 15.8 Å².